The van der Waals surface area contributed by atoms with Gasteiger partial charge in [0.05, 0.1) is 0 Å². The van der Waals surface area contributed by atoms with Gasteiger partial charge in [-0.05, 0) is 25.9 Å². The van der Waals surface area contributed by atoms with E-state index in [0.717, 1.165) is 31.8 Å². The third-order valence-corrected chi connectivity index (χ3v) is 2.16. The normalized spacial score (nSPS) is 24.2. The van der Waals surface area contributed by atoms with Crippen molar-refractivity contribution >= 4 is 0 Å². The van der Waals surface area contributed by atoms with Crippen molar-refractivity contribution in [3.63, 3.8) is 0 Å². The second kappa shape index (κ2) is 3.67. The minimum atomic E-state index is 0.354. The zero-order chi connectivity index (χ0) is 8.23. The number of piperidine rings is 1. The molecule has 2 rings (SSSR count). The topological polar surface area (TPSA) is 42.5 Å². The van der Waals surface area contributed by atoms with Crippen molar-refractivity contribution in [2.24, 2.45) is 0 Å². The van der Waals surface area contributed by atoms with Crippen molar-refractivity contribution in [3.05, 3.63) is 12.1 Å². The average Bonchev–Trinajstić information content (AvgIpc) is 2.59. The second-order valence-electron chi connectivity index (χ2n) is 3.08. The number of hydrogen-bond acceptors (Lipinski definition) is 4. The minimum absolute atomic E-state index is 0.354. The van der Waals surface area contributed by atoms with Crippen molar-refractivity contribution in [2.75, 3.05) is 19.9 Å². The first kappa shape index (κ1) is 7.73. The highest BCUT2D eigenvalue weighted by atomic mass is 16.7. The standard InChI is InChI=1S/C8H14N2O2/c1-3-9-4-2-7(1)10-8-5-11-6-12-8/h5,7,9-10H,1-4,6H2. The van der Waals surface area contributed by atoms with Crippen LogP contribution in [0.4, 0.5) is 0 Å². The maximum atomic E-state index is 5.16. The van der Waals surface area contributed by atoms with Gasteiger partial charge in [-0.2, -0.15) is 0 Å². The predicted octanol–water partition coefficient (Wildman–Crippen LogP) is 0.131. The van der Waals surface area contributed by atoms with Gasteiger partial charge >= 0.3 is 0 Å². The average molecular weight is 170 g/mol. The lowest BCUT2D eigenvalue weighted by atomic mass is 10.1. The second-order valence-corrected chi connectivity index (χ2v) is 3.08. The van der Waals surface area contributed by atoms with Crippen LogP contribution in [-0.4, -0.2) is 25.9 Å². The molecular formula is C8H14N2O2. The zero-order valence-electron chi connectivity index (χ0n) is 7.01. The first-order valence-corrected chi connectivity index (χ1v) is 4.37. The van der Waals surface area contributed by atoms with E-state index in [1.807, 2.05) is 0 Å². The highest BCUT2D eigenvalue weighted by molar-refractivity contribution is 4.91. The maximum absolute atomic E-state index is 5.16. The molecule has 2 aliphatic rings. The Morgan fingerprint density at radius 1 is 1.42 bits per heavy atom. The summed E-state index contributed by atoms with van der Waals surface area (Å²) < 4.78 is 10.1. The van der Waals surface area contributed by atoms with E-state index in [0.29, 0.717) is 12.8 Å². The molecule has 4 heteroatoms. The number of hydrogen-bond donors (Lipinski definition) is 2. The van der Waals surface area contributed by atoms with Crippen LogP contribution >= 0.6 is 0 Å². The molecule has 0 spiro atoms. The van der Waals surface area contributed by atoms with E-state index in [4.69, 9.17) is 9.47 Å². The fraction of sp³-hybridized carbons (Fsp3) is 0.750. The van der Waals surface area contributed by atoms with Gasteiger partial charge in [-0.3, -0.25) is 0 Å². The lowest BCUT2D eigenvalue weighted by Gasteiger charge is -2.23. The molecular weight excluding hydrogens is 156 g/mol. The fourth-order valence-electron chi connectivity index (χ4n) is 1.48. The molecule has 2 N–H and O–H groups in total. The first-order valence-electron chi connectivity index (χ1n) is 4.37. The molecule has 4 nitrogen and oxygen atoms in total. The zero-order valence-corrected chi connectivity index (χ0v) is 7.01. The van der Waals surface area contributed by atoms with Gasteiger partial charge in [-0.15, -0.1) is 0 Å². The molecule has 1 fully saturated rings. The smallest absolute Gasteiger partial charge is 0.232 e. The van der Waals surface area contributed by atoms with Gasteiger partial charge in [-0.1, -0.05) is 0 Å². The summed E-state index contributed by atoms with van der Waals surface area (Å²) in [5.41, 5.74) is 0. The Labute approximate surface area is 71.9 Å². The monoisotopic (exact) mass is 170 g/mol. The Balaban J connectivity index is 1.77. The number of nitrogens with one attached hydrogen (secondary N) is 2. The van der Waals surface area contributed by atoms with E-state index < -0.39 is 0 Å². The summed E-state index contributed by atoms with van der Waals surface area (Å²) in [6.07, 6.45) is 3.95. The van der Waals surface area contributed by atoms with Crippen LogP contribution in [0.2, 0.25) is 0 Å². The van der Waals surface area contributed by atoms with E-state index in [1.165, 1.54) is 0 Å². The van der Waals surface area contributed by atoms with Crippen LogP contribution in [0.1, 0.15) is 12.8 Å². The predicted molar refractivity (Wildman–Crippen MR) is 44.1 cm³/mol. The molecule has 12 heavy (non-hydrogen) atoms. The van der Waals surface area contributed by atoms with Crippen LogP contribution in [0.25, 0.3) is 0 Å². The van der Waals surface area contributed by atoms with Gasteiger partial charge in [0.1, 0.15) is 6.26 Å². The summed E-state index contributed by atoms with van der Waals surface area (Å²) >= 11 is 0. The molecule has 0 aromatic carbocycles. The summed E-state index contributed by atoms with van der Waals surface area (Å²) in [5, 5.41) is 6.60. The lowest BCUT2D eigenvalue weighted by molar-refractivity contribution is 0.0718. The fourth-order valence-corrected chi connectivity index (χ4v) is 1.48. The molecule has 2 aliphatic heterocycles. The third kappa shape index (κ3) is 1.82. The Hall–Kier alpha value is -0.900. The van der Waals surface area contributed by atoms with Gasteiger partial charge in [0.15, 0.2) is 0 Å². The minimum Gasteiger partial charge on any atom is -0.459 e. The third-order valence-electron chi connectivity index (χ3n) is 2.16. The van der Waals surface area contributed by atoms with Gasteiger partial charge in [-0.25, -0.2) is 0 Å². The van der Waals surface area contributed by atoms with Crippen molar-refractivity contribution in [1.82, 2.24) is 10.6 Å². The Morgan fingerprint density at radius 3 is 2.92 bits per heavy atom. The molecule has 0 unspecified atom stereocenters. The van der Waals surface area contributed by atoms with E-state index in [9.17, 15) is 0 Å². The molecule has 0 aliphatic carbocycles. The van der Waals surface area contributed by atoms with Gasteiger partial charge in [0, 0.05) is 6.04 Å². The molecule has 0 amide bonds. The SMILES string of the molecule is C1=C(NC2CCNCC2)OCO1. The van der Waals surface area contributed by atoms with Gasteiger partial charge < -0.3 is 20.1 Å². The van der Waals surface area contributed by atoms with Crippen LogP contribution in [0.5, 0.6) is 0 Å². The number of rotatable bonds is 2. The summed E-state index contributed by atoms with van der Waals surface area (Å²) in [6, 6.07) is 0.541. The Kier molecular flexibility index (Phi) is 2.36. The summed E-state index contributed by atoms with van der Waals surface area (Å²) in [4.78, 5) is 0. The Morgan fingerprint density at radius 2 is 2.25 bits per heavy atom. The molecule has 0 aromatic heterocycles. The molecule has 0 bridgehead atoms. The van der Waals surface area contributed by atoms with Crippen molar-refractivity contribution in [1.29, 1.82) is 0 Å². The summed E-state index contributed by atoms with van der Waals surface area (Å²) in [7, 11) is 0. The van der Waals surface area contributed by atoms with E-state index >= 15 is 0 Å². The molecule has 0 saturated carbocycles. The van der Waals surface area contributed by atoms with Crippen molar-refractivity contribution < 1.29 is 9.47 Å². The Bertz CT molecular complexity index is 176. The van der Waals surface area contributed by atoms with Crippen molar-refractivity contribution in [3.8, 4) is 0 Å². The highest BCUT2D eigenvalue weighted by Crippen LogP contribution is 2.08. The van der Waals surface area contributed by atoms with Gasteiger partial charge in [0.2, 0.25) is 12.7 Å². The summed E-state index contributed by atoms with van der Waals surface area (Å²) in [6.45, 7) is 2.53. The number of ether oxygens (including phenoxy) is 2. The van der Waals surface area contributed by atoms with E-state index in [-0.39, 0.29) is 0 Å². The first-order chi connectivity index (χ1) is 5.95. The van der Waals surface area contributed by atoms with Crippen LogP contribution in [0.3, 0.4) is 0 Å². The molecule has 0 radical (unpaired) electrons. The molecule has 1 saturated heterocycles. The largest absolute Gasteiger partial charge is 0.459 e. The molecule has 68 valence electrons. The molecule has 2 heterocycles. The summed E-state index contributed by atoms with van der Waals surface area (Å²) in [5.74, 6) is 0.780. The quantitative estimate of drug-likeness (QED) is 0.618. The molecule has 0 atom stereocenters. The van der Waals surface area contributed by atoms with Crippen LogP contribution < -0.4 is 10.6 Å². The van der Waals surface area contributed by atoms with Crippen LogP contribution in [0, 0.1) is 0 Å². The van der Waals surface area contributed by atoms with E-state index in [1.54, 1.807) is 6.26 Å². The highest BCUT2D eigenvalue weighted by Gasteiger charge is 2.15. The van der Waals surface area contributed by atoms with Crippen molar-refractivity contribution in [2.45, 2.75) is 18.9 Å². The van der Waals surface area contributed by atoms with Crippen LogP contribution in [-0.2, 0) is 9.47 Å². The van der Waals surface area contributed by atoms with Crippen LogP contribution in [0.15, 0.2) is 12.1 Å². The lowest BCUT2D eigenvalue weighted by Crippen LogP contribution is -2.39. The van der Waals surface area contributed by atoms with Gasteiger partial charge in [0.25, 0.3) is 0 Å². The maximum Gasteiger partial charge on any atom is 0.232 e. The van der Waals surface area contributed by atoms with E-state index in [2.05, 4.69) is 10.6 Å². The molecule has 0 aromatic rings.